The van der Waals surface area contributed by atoms with Crippen molar-refractivity contribution in [2.24, 2.45) is 0 Å². The number of benzene rings is 2. The zero-order chi connectivity index (χ0) is 14.7. The van der Waals surface area contributed by atoms with Crippen molar-refractivity contribution in [3.63, 3.8) is 0 Å². The Bertz CT molecular complexity index is 626. The average Bonchev–Trinajstić information content (AvgIpc) is 2.51. The second-order valence-corrected chi connectivity index (χ2v) is 6.42. The van der Waals surface area contributed by atoms with E-state index < -0.39 is 0 Å². The Kier molecular flexibility index (Phi) is 4.39. The molecule has 0 bridgehead atoms. The van der Waals surface area contributed by atoms with E-state index >= 15 is 0 Å². The Morgan fingerprint density at radius 1 is 1.24 bits per heavy atom. The van der Waals surface area contributed by atoms with Crippen LogP contribution >= 0.6 is 11.8 Å². The Morgan fingerprint density at radius 3 is 2.90 bits per heavy atom. The third-order valence-electron chi connectivity index (χ3n) is 3.80. The van der Waals surface area contributed by atoms with Crippen molar-refractivity contribution >= 4 is 17.4 Å². The number of anilines is 1. The summed E-state index contributed by atoms with van der Waals surface area (Å²) >= 11 is 1.96. The van der Waals surface area contributed by atoms with Crippen molar-refractivity contribution in [2.45, 2.75) is 31.2 Å². The second-order valence-electron chi connectivity index (χ2n) is 5.28. The predicted molar refractivity (Wildman–Crippen MR) is 90.5 cm³/mol. The second kappa shape index (κ2) is 6.44. The van der Waals surface area contributed by atoms with E-state index in [0.29, 0.717) is 12.6 Å². The summed E-state index contributed by atoms with van der Waals surface area (Å²) in [5, 5.41) is 3.71. The number of aryl methyl sites for hydroxylation is 1. The van der Waals surface area contributed by atoms with Gasteiger partial charge in [-0.3, -0.25) is 0 Å². The van der Waals surface area contributed by atoms with Gasteiger partial charge in [0.05, 0.1) is 12.6 Å². The Morgan fingerprint density at radius 2 is 2.10 bits per heavy atom. The predicted octanol–water partition coefficient (Wildman–Crippen LogP) is 5.04. The fourth-order valence-corrected chi connectivity index (χ4v) is 3.86. The summed E-state index contributed by atoms with van der Waals surface area (Å²) in [6.07, 6.45) is 1.16. The van der Waals surface area contributed by atoms with Crippen molar-refractivity contribution in [3.05, 3.63) is 53.6 Å². The fourth-order valence-electron chi connectivity index (χ4n) is 2.73. The zero-order valence-electron chi connectivity index (χ0n) is 12.6. The van der Waals surface area contributed by atoms with Gasteiger partial charge in [-0.2, -0.15) is 0 Å². The molecule has 2 aromatic carbocycles. The highest BCUT2D eigenvalue weighted by atomic mass is 32.2. The summed E-state index contributed by atoms with van der Waals surface area (Å²) in [6.45, 7) is 4.85. The maximum atomic E-state index is 5.56. The molecule has 2 aromatic rings. The van der Waals surface area contributed by atoms with E-state index in [-0.39, 0.29) is 0 Å². The minimum Gasteiger partial charge on any atom is -0.494 e. The van der Waals surface area contributed by atoms with Crippen LogP contribution in [0.1, 0.15) is 30.5 Å². The molecule has 21 heavy (non-hydrogen) atoms. The average molecular weight is 299 g/mol. The lowest BCUT2D eigenvalue weighted by Gasteiger charge is -2.27. The van der Waals surface area contributed by atoms with Gasteiger partial charge < -0.3 is 10.1 Å². The molecule has 1 N–H and O–H groups in total. The Labute approximate surface area is 130 Å². The summed E-state index contributed by atoms with van der Waals surface area (Å²) in [5.41, 5.74) is 3.85. The first-order valence-corrected chi connectivity index (χ1v) is 8.48. The summed E-state index contributed by atoms with van der Waals surface area (Å²) in [4.78, 5) is 1.41. The van der Waals surface area contributed by atoms with Crippen molar-refractivity contribution in [1.29, 1.82) is 0 Å². The van der Waals surface area contributed by atoms with Gasteiger partial charge in [0.25, 0.3) is 0 Å². The van der Waals surface area contributed by atoms with Gasteiger partial charge >= 0.3 is 0 Å². The molecule has 110 valence electrons. The lowest BCUT2D eigenvalue weighted by molar-refractivity contribution is 0.340. The molecule has 0 spiro atoms. The molecular weight excluding hydrogens is 278 g/mol. The monoisotopic (exact) mass is 299 g/mol. The van der Waals surface area contributed by atoms with Crippen LogP contribution in [-0.4, -0.2) is 12.4 Å². The van der Waals surface area contributed by atoms with Gasteiger partial charge in [0.1, 0.15) is 5.75 Å². The largest absolute Gasteiger partial charge is 0.494 e. The SMILES string of the molecule is CCOc1ccc(NC2CCSc3ccccc32)c(C)c1. The smallest absolute Gasteiger partial charge is 0.119 e. The van der Waals surface area contributed by atoms with Gasteiger partial charge in [-0.05, 0) is 55.7 Å². The van der Waals surface area contributed by atoms with E-state index in [4.69, 9.17) is 4.74 Å². The molecule has 1 heterocycles. The van der Waals surface area contributed by atoms with Crippen LogP contribution < -0.4 is 10.1 Å². The van der Waals surface area contributed by atoms with E-state index in [2.05, 4.69) is 48.6 Å². The molecule has 0 saturated heterocycles. The highest BCUT2D eigenvalue weighted by Crippen LogP contribution is 2.38. The van der Waals surface area contributed by atoms with E-state index in [1.54, 1.807) is 0 Å². The number of nitrogens with one attached hydrogen (secondary N) is 1. The summed E-state index contributed by atoms with van der Waals surface area (Å²) in [7, 11) is 0. The van der Waals surface area contributed by atoms with Crippen LogP contribution in [0.4, 0.5) is 5.69 Å². The highest BCUT2D eigenvalue weighted by molar-refractivity contribution is 7.99. The number of ether oxygens (including phenoxy) is 1. The van der Waals surface area contributed by atoms with Gasteiger partial charge in [-0.25, -0.2) is 0 Å². The number of hydrogen-bond donors (Lipinski definition) is 1. The van der Waals surface area contributed by atoms with E-state index in [9.17, 15) is 0 Å². The van der Waals surface area contributed by atoms with Crippen molar-refractivity contribution in [1.82, 2.24) is 0 Å². The molecule has 1 atom stereocenters. The molecular formula is C18H21NOS. The maximum absolute atomic E-state index is 5.56. The topological polar surface area (TPSA) is 21.3 Å². The molecule has 2 nitrogen and oxygen atoms in total. The van der Waals surface area contributed by atoms with E-state index in [0.717, 1.165) is 12.2 Å². The van der Waals surface area contributed by atoms with Gasteiger partial charge in [0.2, 0.25) is 0 Å². The molecule has 0 saturated carbocycles. The Balaban J connectivity index is 1.81. The minimum absolute atomic E-state index is 0.402. The van der Waals surface area contributed by atoms with Crippen LogP contribution in [-0.2, 0) is 0 Å². The van der Waals surface area contributed by atoms with Crippen LogP contribution in [0, 0.1) is 6.92 Å². The standard InChI is InChI=1S/C18H21NOS/c1-3-20-14-8-9-16(13(2)12-14)19-17-10-11-21-18-7-5-4-6-15(17)18/h4-9,12,17,19H,3,10-11H2,1-2H3. The lowest BCUT2D eigenvalue weighted by Crippen LogP contribution is -2.16. The van der Waals surface area contributed by atoms with Gasteiger partial charge in [0.15, 0.2) is 0 Å². The third kappa shape index (κ3) is 3.18. The Hall–Kier alpha value is -1.61. The molecule has 0 fully saturated rings. The van der Waals surface area contributed by atoms with E-state index in [1.807, 2.05) is 24.8 Å². The van der Waals surface area contributed by atoms with Crippen molar-refractivity contribution in [2.75, 3.05) is 17.7 Å². The van der Waals surface area contributed by atoms with Gasteiger partial charge in [-0.1, -0.05) is 18.2 Å². The van der Waals surface area contributed by atoms with Crippen molar-refractivity contribution in [3.8, 4) is 5.75 Å². The molecule has 0 aliphatic carbocycles. The molecule has 0 amide bonds. The third-order valence-corrected chi connectivity index (χ3v) is 4.92. The first-order valence-electron chi connectivity index (χ1n) is 7.49. The highest BCUT2D eigenvalue weighted by Gasteiger charge is 2.20. The van der Waals surface area contributed by atoms with Gasteiger partial charge in [-0.15, -0.1) is 11.8 Å². The van der Waals surface area contributed by atoms with Crippen LogP contribution in [0.2, 0.25) is 0 Å². The van der Waals surface area contributed by atoms with Crippen molar-refractivity contribution < 1.29 is 4.74 Å². The molecule has 1 aliphatic heterocycles. The summed E-state index contributed by atoms with van der Waals surface area (Å²) < 4.78 is 5.56. The quantitative estimate of drug-likeness (QED) is 0.854. The summed E-state index contributed by atoms with van der Waals surface area (Å²) in [6, 6.07) is 15.4. The molecule has 3 rings (SSSR count). The van der Waals surface area contributed by atoms with Crippen LogP contribution in [0.25, 0.3) is 0 Å². The number of hydrogen-bond acceptors (Lipinski definition) is 3. The number of rotatable bonds is 4. The summed E-state index contributed by atoms with van der Waals surface area (Å²) in [5.74, 6) is 2.12. The molecule has 1 aliphatic rings. The molecule has 1 unspecified atom stereocenters. The number of thioether (sulfide) groups is 1. The fraction of sp³-hybridized carbons (Fsp3) is 0.333. The first kappa shape index (κ1) is 14.3. The lowest BCUT2D eigenvalue weighted by atomic mass is 10.0. The maximum Gasteiger partial charge on any atom is 0.119 e. The van der Waals surface area contributed by atoms with Crippen LogP contribution in [0.5, 0.6) is 5.75 Å². The molecule has 0 radical (unpaired) electrons. The molecule has 0 aromatic heterocycles. The first-order chi connectivity index (χ1) is 10.3. The van der Waals surface area contributed by atoms with Gasteiger partial charge in [0, 0.05) is 16.3 Å². The minimum atomic E-state index is 0.402. The van der Waals surface area contributed by atoms with Crippen LogP contribution in [0.15, 0.2) is 47.4 Å². The van der Waals surface area contributed by atoms with Crippen LogP contribution in [0.3, 0.4) is 0 Å². The zero-order valence-corrected chi connectivity index (χ0v) is 13.4. The normalized spacial score (nSPS) is 17.1. The number of fused-ring (bicyclic) bond motifs is 1. The molecule has 3 heteroatoms. The van der Waals surface area contributed by atoms with E-state index in [1.165, 1.54) is 27.5 Å².